The van der Waals surface area contributed by atoms with Gasteiger partial charge in [-0.1, -0.05) is 13.8 Å². The number of hydrogen-bond donors (Lipinski definition) is 0. The van der Waals surface area contributed by atoms with Gasteiger partial charge in [0.15, 0.2) is 0 Å². The van der Waals surface area contributed by atoms with Gasteiger partial charge in [-0.05, 0) is 18.1 Å². The Morgan fingerprint density at radius 3 is 2.59 bits per heavy atom. The topological polar surface area (TPSA) is 61.1 Å². The maximum Gasteiger partial charge on any atom is 0.248 e. The number of hydrogen-bond acceptors (Lipinski definition) is 5. The summed E-state index contributed by atoms with van der Waals surface area (Å²) in [5.74, 6) is 1.12. The largest absolute Gasteiger partial charge is 0.467 e. The van der Waals surface area contributed by atoms with Crippen LogP contribution in [-0.2, 0) is 25.5 Å². The van der Waals surface area contributed by atoms with Gasteiger partial charge in [0.2, 0.25) is 5.91 Å². The zero-order valence-electron chi connectivity index (χ0n) is 13.7. The van der Waals surface area contributed by atoms with Crippen LogP contribution in [-0.4, -0.2) is 57.5 Å². The fourth-order valence-corrected chi connectivity index (χ4v) is 1.90. The first kappa shape index (κ1) is 18.7. The molecule has 0 aliphatic heterocycles. The molecule has 126 valence electrons. The molecule has 1 amide bonds. The fourth-order valence-electron chi connectivity index (χ4n) is 1.90. The predicted molar refractivity (Wildman–Crippen MR) is 82.5 cm³/mol. The Balaban J connectivity index is 2.27. The van der Waals surface area contributed by atoms with Crippen molar-refractivity contribution in [1.82, 2.24) is 4.90 Å². The highest BCUT2D eigenvalue weighted by Crippen LogP contribution is 2.08. The van der Waals surface area contributed by atoms with Gasteiger partial charge >= 0.3 is 0 Å². The number of ether oxygens (including phenoxy) is 3. The Bertz CT molecular complexity index is 391. The van der Waals surface area contributed by atoms with E-state index in [4.69, 9.17) is 18.6 Å². The first-order chi connectivity index (χ1) is 10.6. The van der Waals surface area contributed by atoms with Crippen LogP contribution >= 0.6 is 0 Å². The fraction of sp³-hybridized carbons (Fsp3) is 0.688. The number of furan rings is 1. The molecule has 0 radical (unpaired) electrons. The highest BCUT2D eigenvalue weighted by Gasteiger charge is 2.16. The molecular weight excluding hydrogens is 286 g/mol. The molecule has 0 bridgehead atoms. The van der Waals surface area contributed by atoms with Crippen molar-refractivity contribution in [2.75, 3.05) is 46.7 Å². The average molecular weight is 313 g/mol. The standard InChI is InChI=1S/C16H27NO5/c1-14(2)11-17(12-15-5-4-6-22-15)16(18)13-21-10-9-20-8-7-19-3/h4-6,14H,7-13H2,1-3H3. The Morgan fingerprint density at radius 1 is 1.23 bits per heavy atom. The van der Waals surface area contributed by atoms with Crippen molar-refractivity contribution < 1.29 is 23.4 Å². The Kier molecular flexibility index (Phi) is 9.54. The second-order valence-electron chi connectivity index (χ2n) is 5.41. The van der Waals surface area contributed by atoms with Crippen molar-refractivity contribution in [2.24, 2.45) is 5.92 Å². The van der Waals surface area contributed by atoms with Crippen LogP contribution < -0.4 is 0 Å². The number of methoxy groups -OCH3 is 1. The minimum atomic E-state index is -0.0398. The SMILES string of the molecule is COCCOCCOCC(=O)N(Cc1ccco1)CC(C)C. The molecule has 0 saturated carbocycles. The predicted octanol–water partition coefficient (Wildman–Crippen LogP) is 1.94. The first-order valence-electron chi connectivity index (χ1n) is 7.58. The molecule has 1 aromatic rings. The van der Waals surface area contributed by atoms with E-state index in [9.17, 15) is 4.79 Å². The second-order valence-corrected chi connectivity index (χ2v) is 5.41. The van der Waals surface area contributed by atoms with Crippen molar-refractivity contribution in [3.05, 3.63) is 24.2 Å². The van der Waals surface area contributed by atoms with Crippen LogP contribution in [0.2, 0.25) is 0 Å². The molecule has 1 rings (SSSR count). The molecule has 0 fully saturated rings. The van der Waals surface area contributed by atoms with Gasteiger partial charge in [0.05, 0.1) is 39.2 Å². The lowest BCUT2D eigenvalue weighted by Gasteiger charge is -2.23. The van der Waals surface area contributed by atoms with Crippen LogP contribution in [0.3, 0.4) is 0 Å². The Morgan fingerprint density at radius 2 is 1.95 bits per heavy atom. The van der Waals surface area contributed by atoms with Crippen LogP contribution in [0.4, 0.5) is 0 Å². The summed E-state index contributed by atoms with van der Waals surface area (Å²) in [6.07, 6.45) is 1.61. The monoisotopic (exact) mass is 313 g/mol. The first-order valence-corrected chi connectivity index (χ1v) is 7.58. The molecule has 6 heteroatoms. The van der Waals surface area contributed by atoms with E-state index in [1.54, 1.807) is 18.3 Å². The number of amides is 1. The summed E-state index contributed by atoms with van der Waals surface area (Å²) in [6, 6.07) is 3.69. The zero-order valence-corrected chi connectivity index (χ0v) is 13.7. The molecule has 1 aromatic heterocycles. The van der Waals surface area contributed by atoms with Crippen LogP contribution in [0.25, 0.3) is 0 Å². The Hall–Kier alpha value is -1.37. The third-order valence-electron chi connectivity index (χ3n) is 2.89. The number of carbonyl (C=O) groups is 1. The van der Waals surface area contributed by atoms with E-state index in [1.807, 2.05) is 12.1 Å². The van der Waals surface area contributed by atoms with Crippen LogP contribution in [0.5, 0.6) is 0 Å². The summed E-state index contributed by atoms with van der Waals surface area (Å²) in [5.41, 5.74) is 0. The summed E-state index contributed by atoms with van der Waals surface area (Å²) < 4.78 is 20.8. The second kappa shape index (κ2) is 11.2. The van der Waals surface area contributed by atoms with Gasteiger partial charge < -0.3 is 23.5 Å². The third kappa shape index (κ3) is 8.17. The van der Waals surface area contributed by atoms with Gasteiger partial charge in [0.25, 0.3) is 0 Å². The van der Waals surface area contributed by atoms with Crippen molar-refractivity contribution in [2.45, 2.75) is 20.4 Å². The van der Waals surface area contributed by atoms with Gasteiger partial charge in [-0.2, -0.15) is 0 Å². The summed E-state index contributed by atoms with van der Waals surface area (Å²) in [5, 5.41) is 0. The van der Waals surface area contributed by atoms with E-state index in [2.05, 4.69) is 13.8 Å². The summed E-state index contributed by atoms with van der Waals surface area (Å²) >= 11 is 0. The highest BCUT2D eigenvalue weighted by atomic mass is 16.5. The summed E-state index contributed by atoms with van der Waals surface area (Å²) in [7, 11) is 1.63. The van der Waals surface area contributed by atoms with Crippen molar-refractivity contribution in [3.8, 4) is 0 Å². The van der Waals surface area contributed by atoms with Crippen LogP contribution in [0.1, 0.15) is 19.6 Å². The molecular formula is C16H27NO5. The van der Waals surface area contributed by atoms with Gasteiger partial charge in [-0.3, -0.25) is 4.79 Å². The molecule has 0 saturated heterocycles. The van der Waals surface area contributed by atoms with E-state index < -0.39 is 0 Å². The molecule has 0 unspecified atom stereocenters. The molecule has 22 heavy (non-hydrogen) atoms. The van der Waals surface area contributed by atoms with Crippen molar-refractivity contribution in [1.29, 1.82) is 0 Å². The van der Waals surface area contributed by atoms with Crippen molar-refractivity contribution >= 4 is 5.91 Å². The lowest BCUT2D eigenvalue weighted by atomic mass is 10.2. The minimum Gasteiger partial charge on any atom is -0.467 e. The molecule has 0 aliphatic rings. The van der Waals surface area contributed by atoms with Crippen LogP contribution in [0.15, 0.2) is 22.8 Å². The molecule has 6 nitrogen and oxygen atoms in total. The van der Waals surface area contributed by atoms with Gasteiger partial charge in [0.1, 0.15) is 12.4 Å². The molecule has 0 aliphatic carbocycles. The Labute approximate surface area is 132 Å². The minimum absolute atomic E-state index is 0.0398. The molecule has 0 atom stereocenters. The quantitative estimate of drug-likeness (QED) is 0.552. The highest BCUT2D eigenvalue weighted by molar-refractivity contribution is 5.77. The maximum absolute atomic E-state index is 12.2. The van der Waals surface area contributed by atoms with Crippen LogP contribution in [0, 0.1) is 5.92 Å². The van der Waals surface area contributed by atoms with E-state index in [1.165, 1.54) is 0 Å². The third-order valence-corrected chi connectivity index (χ3v) is 2.89. The number of rotatable bonds is 12. The smallest absolute Gasteiger partial charge is 0.248 e. The normalized spacial score (nSPS) is 11.1. The van der Waals surface area contributed by atoms with E-state index in [-0.39, 0.29) is 12.5 Å². The van der Waals surface area contributed by atoms with E-state index in [0.717, 1.165) is 5.76 Å². The van der Waals surface area contributed by atoms with Gasteiger partial charge in [-0.15, -0.1) is 0 Å². The lowest BCUT2D eigenvalue weighted by molar-refractivity contribution is -0.138. The van der Waals surface area contributed by atoms with Gasteiger partial charge in [-0.25, -0.2) is 0 Å². The summed E-state index contributed by atoms with van der Waals surface area (Å²) in [4.78, 5) is 14.0. The maximum atomic E-state index is 12.2. The van der Waals surface area contributed by atoms with Gasteiger partial charge in [0, 0.05) is 13.7 Å². The molecule has 1 heterocycles. The molecule has 0 N–H and O–H groups in total. The molecule has 0 aromatic carbocycles. The van der Waals surface area contributed by atoms with E-state index in [0.29, 0.717) is 45.4 Å². The molecule has 0 spiro atoms. The number of carbonyl (C=O) groups excluding carboxylic acids is 1. The number of nitrogens with zero attached hydrogens (tertiary/aromatic N) is 1. The van der Waals surface area contributed by atoms with Crippen molar-refractivity contribution in [3.63, 3.8) is 0 Å². The van der Waals surface area contributed by atoms with E-state index >= 15 is 0 Å². The lowest BCUT2D eigenvalue weighted by Crippen LogP contribution is -2.36. The summed E-state index contributed by atoms with van der Waals surface area (Å²) in [6.45, 7) is 7.30. The average Bonchev–Trinajstić information content (AvgIpc) is 2.98. The zero-order chi connectivity index (χ0) is 16.2.